The average molecular weight is 269 g/mol. The van der Waals surface area contributed by atoms with Crippen LogP contribution in [-0.2, 0) is 0 Å². The highest BCUT2D eigenvalue weighted by molar-refractivity contribution is 5.91. The lowest BCUT2D eigenvalue weighted by Crippen LogP contribution is -2.42. The molecule has 3 heteroatoms. The topological polar surface area (TPSA) is 28.2 Å². The van der Waals surface area contributed by atoms with Gasteiger partial charge in [-0.15, -0.1) is 0 Å². The number of rotatable bonds is 4. The lowest BCUT2D eigenvalue weighted by molar-refractivity contribution is 0.416. The molecule has 1 fully saturated rings. The first-order chi connectivity index (χ1) is 9.88. The molecule has 1 aliphatic heterocycles. The van der Waals surface area contributed by atoms with E-state index in [1.165, 1.54) is 30.3 Å². The molecule has 0 atom stereocenters. The molecule has 20 heavy (non-hydrogen) atoms. The van der Waals surface area contributed by atoms with E-state index in [-0.39, 0.29) is 0 Å². The fourth-order valence-corrected chi connectivity index (χ4v) is 3.04. The number of nitrogens with zero attached hydrogens (tertiary/aromatic N) is 2. The Labute approximate surface area is 121 Å². The Hall–Kier alpha value is -1.61. The van der Waals surface area contributed by atoms with Crippen molar-refractivity contribution in [2.45, 2.75) is 32.2 Å². The molecule has 0 aliphatic carbocycles. The van der Waals surface area contributed by atoms with Gasteiger partial charge in [0.1, 0.15) is 0 Å². The summed E-state index contributed by atoms with van der Waals surface area (Å²) in [7, 11) is 0. The van der Waals surface area contributed by atoms with Gasteiger partial charge in [0, 0.05) is 36.4 Å². The number of nitrogens with one attached hydrogen (secondary N) is 1. The van der Waals surface area contributed by atoms with Crippen LogP contribution in [0.1, 0.15) is 26.2 Å². The SMILES string of the molecule is CCCNC1CCN(c2cccc3ncccc23)CC1. The molecule has 1 aromatic carbocycles. The van der Waals surface area contributed by atoms with Gasteiger partial charge in [-0.3, -0.25) is 4.98 Å². The predicted molar refractivity (Wildman–Crippen MR) is 85.3 cm³/mol. The highest BCUT2D eigenvalue weighted by Crippen LogP contribution is 2.27. The number of hydrogen-bond donors (Lipinski definition) is 1. The molecule has 0 unspecified atom stereocenters. The van der Waals surface area contributed by atoms with E-state index in [0.717, 1.165) is 25.2 Å². The van der Waals surface area contributed by atoms with Gasteiger partial charge in [-0.05, 0) is 50.1 Å². The minimum Gasteiger partial charge on any atom is -0.371 e. The molecule has 3 nitrogen and oxygen atoms in total. The molecule has 2 aromatic rings. The van der Waals surface area contributed by atoms with E-state index in [1.807, 2.05) is 12.3 Å². The van der Waals surface area contributed by atoms with Crippen LogP contribution in [0.2, 0.25) is 0 Å². The van der Waals surface area contributed by atoms with E-state index in [1.54, 1.807) is 0 Å². The number of fused-ring (bicyclic) bond motifs is 1. The number of anilines is 1. The average Bonchev–Trinajstić information content (AvgIpc) is 2.53. The summed E-state index contributed by atoms with van der Waals surface area (Å²) in [5.74, 6) is 0. The lowest BCUT2D eigenvalue weighted by atomic mass is 10.0. The minimum atomic E-state index is 0.694. The van der Waals surface area contributed by atoms with Gasteiger partial charge in [-0.2, -0.15) is 0 Å². The van der Waals surface area contributed by atoms with E-state index < -0.39 is 0 Å². The number of aromatic nitrogens is 1. The van der Waals surface area contributed by atoms with Gasteiger partial charge < -0.3 is 10.2 Å². The Morgan fingerprint density at radius 3 is 2.85 bits per heavy atom. The highest BCUT2D eigenvalue weighted by Gasteiger charge is 2.19. The quantitative estimate of drug-likeness (QED) is 0.924. The largest absolute Gasteiger partial charge is 0.371 e. The zero-order chi connectivity index (χ0) is 13.8. The van der Waals surface area contributed by atoms with Gasteiger partial charge in [-0.1, -0.05) is 13.0 Å². The highest BCUT2D eigenvalue weighted by atomic mass is 15.1. The number of hydrogen-bond acceptors (Lipinski definition) is 3. The van der Waals surface area contributed by atoms with Crippen LogP contribution in [0.3, 0.4) is 0 Å². The molecular formula is C17H23N3. The summed E-state index contributed by atoms with van der Waals surface area (Å²) in [6.07, 6.45) is 5.55. The minimum absolute atomic E-state index is 0.694. The van der Waals surface area contributed by atoms with Crippen molar-refractivity contribution in [2.75, 3.05) is 24.5 Å². The summed E-state index contributed by atoms with van der Waals surface area (Å²) in [6.45, 7) is 5.64. The zero-order valence-electron chi connectivity index (χ0n) is 12.2. The molecule has 1 saturated heterocycles. The maximum absolute atomic E-state index is 4.45. The summed E-state index contributed by atoms with van der Waals surface area (Å²) in [6, 6.07) is 11.3. The number of pyridine rings is 1. The summed E-state index contributed by atoms with van der Waals surface area (Å²) in [4.78, 5) is 6.96. The van der Waals surface area contributed by atoms with Crippen LogP contribution in [0, 0.1) is 0 Å². The van der Waals surface area contributed by atoms with E-state index in [0.29, 0.717) is 6.04 Å². The van der Waals surface area contributed by atoms with Crippen molar-refractivity contribution in [2.24, 2.45) is 0 Å². The molecule has 0 radical (unpaired) electrons. The zero-order valence-corrected chi connectivity index (χ0v) is 12.2. The maximum atomic E-state index is 4.45. The standard InChI is InChI=1S/C17H23N3/c1-2-10-18-14-8-12-20(13-9-14)17-7-3-6-16-15(17)5-4-11-19-16/h3-7,11,14,18H,2,8-10,12-13H2,1H3. The summed E-state index contributed by atoms with van der Waals surface area (Å²) in [5, 5.41) is 4.91. The van der Waals surface area contributed by atoms with Crippen molar-refractivity contribution in [1.82, 2.24) is 10.3 Å². The fourth-order valence-electron chi connectivity index (χ4n) is 3.04. The molecule has 2 heterocycles. The Morgan fingerprint density at radius 1 is 1.20 bits per heavy atom. The summed E-state index contributed by atoms with van der Waals surface area (Å²) in [5.41, 5.74) is 2.43. The van der Waals surface area contributed by atoms with Crippen LogP contribution in [0.4, 0.5) is 5.69 Å². The van der Waals surface area contributed by atoms with E-state index >= 15 is 0 Å². The van der Waals surface area contributed by atoms with Crippen LogP contribution in [0.5, 0.6) is 0 Å². The van der Waals surface area contributed by atoms with Crippen molar-refractivity contribution in [3.8, 4) is 0 Å². The molecule has 106 valence electrons. The third-order valence-electron chi connectivity index (χ3n) is 4.14. The van der Waals surface area contributed by atoms with Crippen molar-refractivity contribution < 1.29 is 0 Å². The second-order valence-electron chi connectivity index (χ2n) is 5.56. The van der Waals surface area contributed by atoms with Crippen LogP contribution >= 0.6 is 0 Å². The molecule has 1 aliphatic rings. The monoisotopic (exact) mass is 269 g/mol. The predicted octanol–water partition coefficient (Wildman–Crippen LogP) is 3.20. The third-order valence-corrected chi connectivity index (χ3v) is 4.14. The molecule has 1 N–H and O–H groups in total. The van der Waals surface area contributed by atoms with Gasteiger partial charge in [0.15, 0.2) is 0 Å². The Bertz CT molecular complexity index is 554. The van der Waals surface area contributed by atoms with Crippen molar-refractivity contribution in [3.05, 3.63) is 36.5 Å². The Morgan fingerprint density at radius 2 is 2.05 bits per heavy atom. The lowest BCUT2D eigenvalue weighted by Gasteiger charge is -2.34. The van der Waals surface area contributed by atoms with Gasteiger partial charge in [-0.25, -0.2) is 0 Å². The van der Waals surface area contributed by atoms with E-state index in [4.69, 9.17) is 0 Å². The van der Waals surface area contributed by atoms with Crippen molar-refractivity contribution in [3.63, 3.8) is 0 Å². The first kappa shape index (κ1) is 13.4. The van der Waals surface area contributed by atoms with Crippen molar-refractivity contribution >= 4 is 16.6 Å². The summed E-state index contributed by atoms with van der Waals surface area (Å²) < 4.78 is 0. The van der Waals surface area contributed by atoms with Crippen LogP contribution in [0.15, 0.2) is 36.5 Å². The molecular weight excluding hydrogens is 246 g/mol. The fraction of sp³-hybridized carbons (Fsp3) is 0.471. The third kappa shape index (κ3) is 2.78. The Balaban J connectivity index is 1.74. The van der Waals surface area contributed by atoms with Crippen LogP contribution in [0.25, 0.3) is 10.9 Å². The molecule has 0 bridgehead atoms. The summed E-state index contributed by atoms with van der Waals surface area (Å²) >= 11 is 0. The van der Waals surface area contributed by atoms with Crippen LogP contribution < -0.4 is 10.2 Å². The first-order valence-electron chi connectivity index (χ1n) is 7.70. The van der Waals surface area contributed by atoms with Gasteiger partial charge in [0.2, 0.25) is 0 Å². The first-order valence-corrected chi connectivity index (χ1v) is 7.70. The van der Waals surface area contributed by atoms with Gasteiger partial charge in [0.05, 0.1) is 5.52 Å². The molecule has 0 saturated carbocycles. The molecule has 0 spiro atoms. The normalized spacial score (nSPS) is 16.8. The van der Waals surface area contributed by atoms with E-state index in [9.17, 15) is 0 Å². The Kier molecular flexibility index (Phi) is 4.16. The van der Waals surface area contributed by atoms with Gasteiger partial charge in [0.25, 0.3) is 0 Å². The smallest absolute Gasteiger partial charge is 0.0722 e. The molecule has 1 aromatic heterocycles. The number of benzene rings is 1. The van der Waals surface area contributed by atoms with Crippen molar-refractivity contribution in [1.29, 1.82) is 0 Å². The van der Waals surface area contributed by atoms with Crippen LogP contribution in [-0.4, -0.2) is 30.7 Å². The second kappa shape index (κ2) is 6.23. The molecule has 3 rings (SSSR count). The van der Waals surface area contributed by atoms with Gasteiger partial charge >= 0.3 is 0 Å². The second-order valence-corrected chi connectivity index (χ2v) is 5.56. The maximum Gasteiger partial charge on any atom is 0.0722 e. The van der Waals surface area contributed by atoms with E-state index in [2.05, 4.69) is 46.4 Å². The molecule has 0 amide bonds. The number of piperidine rings is 1.